The first-order chi connectivity index (χ1) is 18.5. The Morgan fingerprint density at radius 2 is 1.71 bits per heavy atom. The summed E-state index contributed by atoms with van der Waals surface area (Å²) < 4.78 is 5.63. The summed E-state index contributed by atoms with van der Waals surface area (Å²) in [6, 6.07) is 15.6. The minimum atomic E-state index is -0.377. The minimum Gasteiger partial charge on any atom is -0.394 e. The SMILES string of the molecule is CC(=O)N1CCCCCCCN(C2CCOCC2)Cc2cc(C(=O)N[C@H](CO)Cc3ccccc3)ccc21. The summed E-state index contributed by atoms with van der Waals surface area (Å²) in [7, 11) is 0. The van der Waals surface area contributed by atoms with Crippen molar-refractivity contribution < 1.29 is 19.4 Å². The van der Waals surface area contributed by atoms with Crippen molar-refractivity contribution in [1.82, 2.24) is 10.2 Å². The quantitative estimate of drug-likeness (QED) is 0.592. The molecule has 2 aromatic carbocycles. The molecule has 0 unspecified atom stereocenters. The molecule has 0 spiro atoms. The van der Waals surface area contributed by atoms with Crippen LogP contribution in [0.3, 0.4) is 0 Å². The maximum atomic E-state index is 13.3. The molecule has 2 amide bonds. The number of benzene rings is 2. The second-order valence-electron chi connectivity index (χ2n) is 10.6. The van der Waals surface area contributed by atoms with Gasteiger partial charge in [-0.05, 0) is 68.0 Å². The van der Waals surface area contributed by atoms with E-state index in [1.807, 2.05) is 53.4 Å². The first-order valence-corrected chi connectivity index (χ1v) is 14.2. The molecule has 206 valence electrons. The van der Waals surface area contributed by atoms with Crippen LogP contribution >= 0.6 is 0 Å². The van der Waals surface area contributed by atoms with E-state index >= 15 is 0 Å². The molecule has 2 aliphatic heterocycles. The van der Waals surface area contributed by atoms with Gasteiger partial charge in [0.15, 0.2) is 0 Å². The molecule has 7 heteroatoms. The number of anilines is 1. The third-order valence-corrected chi connectivity index (χ3v) is 7.80. The highest BCUT2D eigenvalue weighted by Crippen LogP contribution is 2.28. The molecule has 0 aromatic heterocycles. The lowest BCUT2D eigenvalue weighted by molar-refractivity contribution is -0.116. The number of nitrogens with zero attached hydrogens (tertiary/aromatic N) is 2. The van der Waals surface area contributed by atoms with E-state index in [1.165, 1.54) is 12.8 Å². The average Bonchev–Trinajstić information content (AvgIpc) is 2.93. The van der Waals surface area contributed by atoms with E-state index in [0.717, 1.165) is 68.7 Å². The molecule has 1 atom stereocenters. The van der Waals surface area contributed by atoms with Crippen LogP contribution in [0.1, 0.15) is 73.4 Å². The molecule has 1 saturated heterocycles. The van der Waals surface area contributed by atoms with E-state index in [4.69, 9.17) is 4.74 Å². The number of fused-ring (bicyclic) bond motifs is 1. The summed E-state index contributed by atoms with van der Waals surface area (Å²) in [6.45, 7) is 5.43. The highest BCUT2D eigenvalue weighted by atomic mass is 16.5. The molecule has 0 bridgehead atoms. The lowest BCUT2D eigenvalue weighted by atomic mass is 10.0. The van der Waals surface area contributed by atoms with Crippen LogP contribution in [0.5, 0.6) is 0 Å². The molecule has 1 fully saturated rings. The van der Waals surface area contributed by atoms with Crippen molar-refractivity contribution in [3.8, 4) is 0 Å². The number of carbonyl (C=O) groups is 2. The molecule has 7 nitrogen and oxygen atoms in total. The number of ether oxygens (including phenoxy) is 1. The second-order valence-corrected chi connectivity index (χ2v) is 10.6. The summed E-state index contributed by atoms with van der Waals surface area (Å²) in [4.78, 5) is 30.5. The number of rotatable bonds is 6. The number of hydrogen-bond donors (Lipinski definition) is 2. The molecule has 0 radical (unpaired) electrons. The highest BCUT2D eigenvalue weighted by Gasteiger charge is 2.25. The molecule has 0 saturated carbocycles. The molecule has 0 aliphatic carbocycles. The topological polar surface area (TPSA) is 82.1 Å². The van der Waals surface area contributed by atoms with Gasteiger partial charge in [0.2, 0.25) is 5.91 Å². The summed E-state index contributed by atoms with van der Waals surface area (Å²) in [5.74, 6) is -0.178. The van der Waals surface area contributed by atoms with Gasteiger partial charge in [0.1, 0.15) is 0 Å². The summed E-state index contributed by atoms with van der Waals surface area (Å²) in [5.41, 5.74) is 3.52. The monoisotopic (exact) mass is 521 g/mol. The molecule has 2 aromatic rings. The molecule has 4 rings (SSSR count). The van der Waals surface area contributed by atoms with Gasteiger partial charge in [0, 0.05) is 50.5 Å². The summed E-state index contributed by atoms with van der Waals surface area (Å²) in [6.07, 6.45) is 8.19. The van der Waals surface area contributed by atoms with Gasteiger partial charge in [-0.1, -0.05) is 49.6 Å². The van der Waals surface area contributed by atoms with Gasteiger partial charge in [0.05, 0.1) is 12.6 Å². The van der Waals surface area contributed by atoms with E-state index in [1.54, 1.807) is 6.92 Å². The number of carbonyl (C=O) groups excluding carboxylic acids is 2. The predicted molar refractivity (Wildman–Crippen MR) is 150 cm³/mol. The summed E-state index contributed by atoms with van der Waals surface area (Å²) in [5, 5.41) is 13.0. The van der Waals surface area contributed by atoms with E-state index in [-0.39, 0.29) is 24.5 Å². The van der Waals surface area contributed by atoms with Crippen molar-refractivity contribution in [2.24, 2.45) is 0 Å². The molecule has 2 N–H and O–H groups in total. The standard InChI is InChI=1S/C31H43N3O4/c1-24(36)34-17-9-4-2-3-8-16-33(29-14-18-38-19-15-29)22-27-21-26(12-13-30(27)34)31(37)32-28(23-35)20-25-10-6-5-7-11-25/h5-7,10-13,21,28-29,35H,2-4,8-9,14-20,22-23H2,1H3,(H,32,37)/t28-/m0/s1. The fourth-order valence-corrected chi connectivity index (χ4v) is 5.67. The second kappa shape index (κ2) is 14.4. The van der Waals surface area contributed by atoms with Gasteiger partial charge in [-0.25, -0.2) is 0 Å². The number of nitrogens with one attached hydrogen (secondary N) is 1. The van der Waals surface area contributed by atoms with Crippen LogP contribution in [-0.2, 0) is 22.5 Å². The van der Waals surface area contributed by atoms with Crippen LogP contribution in [0.4, 0.5) is 5.69 Å². The van der Waals surface area contributed by atoms with E-state index in [9.17, 15) is 14.7 Å². The predicted octanol–water partition coefficient (Wildman–Crippen LogP) is 4.32. The molecular formula is C31H43N3O4. The maximum Gasteiger partial charge on any atom is 0.251 e. The van der Waals surface area contributed by atoms with Gasteiger partial charge < -0.3 is 20.1 Å². The molecular weight excluding hydrogens is 478 g/mol. The van der Waals surface area contributed by atoms with Crippen LogP contribution in [0.25, 0.3) is 0 Å². The molecule has 2 heterocycles. The van der Waals surface area contributed by atoms with E-state index in [0.29, 0.717) is 31.1 Å². The van der Waals surface area contributed by atoms with Crippen LogP contribution in [0.15, 0.2) is 48.5 Å². The van der Waals surface area contributed by atoms with Crippen molar-refractivity contribution in [1.29, 1.82) is 0 Å². The van der Waals surface area contributed by atoms with Crippen LogP contribution in [-0.4, -0.2) is 66.8 Å². The lowest BCUT2D eigenvalue weighted by Gasteiger charge is -2.36. The van der Waals surface area contributed by atoms with Gasteiger partial charge in [-0.3, -0.25) is 14.5 Å². The van der Waals surface area contributed by atoms with E-state index < -0.39 is 0 Å². The Bertz CT molecular complexity index is 1040. The van der Waals surface area contributed by atoms with Crippen molar-refractivity contribution in [3.05, 3.63) is 65.2 Å². The number of aliphatic hydroxyl groups excluding tert-OH is 1. The Hall–Kier alpha value is -2.74. The highest BCUT2D eigenvalue weighted by molar-refractivity contribution is 5.97. The lowest BCUT2D eigenvalue weighted by Crippen LogP contribution is -2.41. The Balaban J connectivity index is 1.60. The third kappa shape index (κ3) is 7.88. The van der Waals surface area contributed by atoms with Crippen LogP contribution in [0, 0.1) is 0 Å². The largest absolute Gasteiger partial charge is 0.394 e. The van der Waals surface area contributed by atoms with Crippen molar-refractivity contribution in [2.75, 3.05) is 37.8 Å². The number of hydrogen-bond acceptors (Lipinski definition) is 5. The molecule has 38 heavy (non-hydrogen) atoms. The van der Waals surface area contributed by atoms with Gasteiger partial charge in [0.25, 0.3) is 5.91 Å². The summed E-state index contributed by atoms with van der Waals surface area (Å²) >= 11 is 0. The first kappa shape index (κ1) is 28.3. The average molecular weight is 522 g/mol. The van der Waals surface area contributed by atoms with Gasteiger partial charge in [-0.15, -0.1) is 0 Å². The Morgan fingerprint density at radius 3 is 2.42 bits per heavy atom. The van der Waals surface area contributed by atoms with Crippen LogP contribution < -0.4 is 10.2 Å². The molecule has 2 aliphatic rings. The smallest absolute Gasteiger partial charge is 0.251 e. The van der Waals surface area contributed by atoms with Crippen molar-refractivity contribution >= 4 is 17.5 Å². The fourth-order valence-electron chi connectivity index (χ4n) is 5.67. The Morgan fingerprint density at radius 1 is 1.00 bits per heavy atom. The Labute approximate surface area is 227 Å². The third-order valence-electron chi connectivity index (χ3n) is 7.80. The van der Waals surface area contributed by atoms with Crippen molar-refractivity contribution in [3.63, 3.8) is 0 Å². The van der Waals surface area contributed by atoms with Crippen LogP contribution in [0.2, 0.25) is 0 Å². The van der Waals surface area contributed by atoms with E-state index in [2.05, 4.69) is 10.2 Å². The zero-order valence-electron chi connectivity index (χ0n) is 22.7. The van der Waals surface area contributed by atoms with Crippen molar-refractivity contribution in [2.45, 2.75) is 76.9 Å². The number of amides is 2. The first-order valence-electron chi connectivity index (χ1n) is 14.2. The minimum absolute atomic E-state index is 0.0290. The van der Waals surface area contributed by atoms with Gasteiger partial charge >= 0.3 is 0 Å². The maximum absolute atomic E-state index is 13.3. The Kier molecular flexibility index (Phi) is 10.7. The zero-order chi connectivity index (χ0) is 26.7. The van der Waals surface area contributed by atoms with Gasteiger partial charge in [-0.2, -0.15) is 0 Å². The normalized spacial score (nSPS) is 19.1. The number of aliphatic hydroxyl groups is 1. The fraction of sp³-hybridized carbons (Fsp3) is 0.548. The zero-order valence-corrected chi connectivity index (χ0v) is 22.7.